The monoisotopic (exact) mass is 476 g/mol. The van der Waals surface area contributed by atoms with Gasteiger partial charge in [0.1, 0.15) is 0 Å². The van der Waals surface area contributed by atoms with Crippen LogP contribution in [-0.4, -0.2) is 70.6 Å². The van der Waals surface area contributed by atoms with Crippen molar-refractivity contribution in [3.8, 4) is 0 Å². The van der Waals surface area contributed by atoms with Crippen molar-refractivity contribution in [3.05, 3.63) is 66.0 Å². The molecule has 2 fully saturated rings. The second-order valence-electron chi connectivity index (χ2n) is 10.5. The van der Waals surface area contributed by atoms with E-state index in [4.69, 9.17) is 0 Å². The Morgan fingerprint density at radius 1 is 1.14 bits per heavy atom. The Bertz CT molecular complexity index is 1040. The van der Waals surface area contributed by atoms with Gasteiger partial charge in [-0.3, -0.25) is 24.3 Å². The highest BCUT2D eigenvalue weighted by Gasteiger charge is 2.54. The van der Waals surface area contributed by atoms with Crippen LogP contribution in [0, 0.1) is 11.8 Å². The molecular formula is C28H36N4O3. The predicted molar refractivity (Wildman–Crippen MR) is 134 cm³/mol. The maximum absolute atomic E-state index is 13.8. The van der Waals surface area contributed by atoms with Crippen molar-refractivity contribution < 1.29 is 14.4 Å². The molecule has 4 rings (SSSR count). The molecule has 0 radical (unpaired) electrons. The Hall–Kier alpha value is -3.06. The molecule has 0 N–H and O–H groups in total. The van der Waals surface area contributed by atoms with Crippen LogP contribution in [-0.2, 0) is 26.3 Å². The summed E-state index contributed by atoms with van der Waals surface area (Å²) in [7, 11) is 1.82. The highest BCUT2D eigenvalue weighted by Crippen LogP contribution is 2.41. The van der Waals surface area contributed by atoms with Gasteiger partial charge in [-0.05, 0) is 48.1 Å². The third kappa shape index (κ3) is 5.61. The summed E-state index contributed by atoms with van der Waals surface area (Å²) in [5.74, 6) is 0.421. The highest BCUT2D eigenvalue weighted by molar-refractivity contribution is 6.10. The number of likely N-dealkylation sites (tertiary alicyclic amines) is 2. The van der Waals surface area contributed by atoms with Gasteiger partial charge < -0.3 is 9.80 Å². The molecule has 7 heteroatoms. The quantitative estimate of drug-likeness (QED) is 0.520. The molecule has 0 bridgehead atoms. The van der Waals surface area contributed by atoms with Crippen LogP contribution in [0.4, 0.5) is 0 Å². The van der Waals surface area contributed by atoms with Crippen LogP contribution >= 0.6 is 0 Å². The van der Waals surface area contributed by atoms with Gasteiger partial charge in [-0.25, -0.2) is 0 Å². The minimum atomic E-state index is -1.17. The Morgan fingerprint density at radius 2 is 1.86 bits per heavy atom. The van der Waals surface area contributed by atoms with Crippen molar-refractivity contribution in [2.45, 2.75) is 45.1 Å². The summed E-state index contributed by atoms with van der Waals surface area (Å²) in [4.78, 5) is 49.9. The summed E-state index contributed by atoms with van der Waals surface area (Å²) in [6.07, 6.45) is 4.37. The van der Waals surface area contributed by atoms with Gasteiger partial charge in [0.2, 0.25) is 17.7 Å². The molecule has 2 atom stereocenters. The number of hydrogen-bond acceptors (Lipinski definition) is 5. The number of carbonyl (C=O) groups excluding carboxylic acids is 3. The molecule has 2 aliphatic rings. The molecule has 0 saturated carbocycles. The van der Waals surface area contributed by atoms with Gasteiger partial charge in [0.15, 0.2) is 0 Å². The summed E-state index contributed by atoms with van der Waals surface area (Å²) in [5.41, 5.74) is 0.387. The topological polar surface area (TPSA) is 73.8 Å². The third-order valence-electron chi connectivity index (χ3n) is 7.23. The van der Waals surface area contributed by atoms with Crippen molar-refractivity contribution in [1.82, 2.24) is 19.7 Å². The van der Waals surface area contributed by atoms with Crippen LogP contribution in [0.2, 0.25) is 0 Å². The number of rotatable bonds is 9. The first-order chi connectivity index (χ1) is 16.8. The van der Waals surface area contributed by atoms with E-state index < -0.39 is 5.41 Å². The smallest absolute Gasteiger partial charge is 0.241 e. The zero-order valence-corrected chi connectivity index (χ0v) is 21.0. The van der Waals surface area contributed by atoms with Crippen molar-refractivity contribution in [3.63, 3.8) is 0 Å². The number of carbonyl (C=O) groups is 3. The Balaban J connectivity index is 1.50. The molecule has 186 valence electrons. The lowest BCUT2D eigenvalue weighted by Gasteiger charge is -2.30. The SMILES string of the molecule is CC(C)CN1CC[C@H](CN(C)C(=O)C[C@]2(c3ccccc3)CC(=O)N(Cc3ccncc3)C2=O)C1. The van der Waals surface area contributed by atoms with Crippen LogP contribution < -0.4 is 0 Å². The van der Waals surface area contributed by atoms with E-state index in [0.29, 0.717) is 18.4 Å². The second-order valence-corrected chi connectivity index (χ2v) is 10.5. The largest absolute Gasteiger partial charge is 0.345 e. The van der Waals surface area contributed by atoms with Crippen LogP contribution in [0.1, 0.15) is 44.2 Å². The van der Waals surface area contributed by atoms with Crippen LogP contribution in [0.5, 0.6) is 0 Å². The molecule has 2 saturated heterocycles. The molecule has 35 heavy (non-hydrogen) atoms. The number of imide groups is 1. The molecule has 3 heterocycles. The van der Waals surface area contributed by atoms with Gasteiger partial charge in [-0.1, -0.05) is 44.2 Å². The van der Waals surface area contributed by atoms with Gasteiger partial charge >= 0.3 is 0 Å². The number of nitrogens with zero attached hydrogens (tertiary/aromatic N) is 4. The standard InChI is InChI=1S/C28H36N4O3/c1-21(2)17-31-14-11-23(19-31)18-30(3)25(33)15-28(24-7-5-4-6-8-24)16-26(34)32(27(28)35)20-22-9-12-29-13-10-22/h4-10,12-13,21,23H,11,14-20H2,1-3H3/t23-,28-/m1/s1. The average Bonchev–Trinajstić information content (AvgIpc) is 3.37. The van der Waals surface area contributed by atoms with E-state index in [-0.39, 0.29) is 37.1 Å². The molecule has 0 unspecified atom stereocenters. The van der Waals surface area contributed by atoms with Crippen molar-refractivity contribution >= 4 is 17.7 Å². The number of aromatic nitrogens is 1. The molecule has 7 nitrogen and oxygen atoms in total. The number of hydrogen-bond donors (Lipinski definition) is 0. The summed E-state index contributed by atoms with van der Waals surface area (Å²) in [5, 5.41) is 0. The molecule has 2 aliphatic heterocycles. The predicted octanol–water partition coefficient (Wildman–Crippen LogP) is 3.10. The van der Waals surface area contributed by atoms with E-state index in [1.54, 1.807) is 29.4 Å². The number of pyridine rings is 1. The summed E-state index contributed by atoms with van der Waals surface area (Å²) >= 11 is 0. The highest BCUT2D eigenvalue weighted by atomic mass is 16.2. The fourth-order valence-corrected chi connectivity index (χ4v) is 5.48. The van der Waals surface area contributed by atoms with Gasteiger partial charge in [-0.2, -0.15) is 0 Å². The summed E-state index contributed by atoms with van der Waals surface area (Å²) < 4.78 is 0. The summed E-state index contributed by atoms with van der Waals surface area (Å²) in [6, 6.07) is 12.9. The van der Waals surface area contributed by atoms with Crippen molar-refractivity contribution in [2.75, 3.05) is 33.2 Å². The zero-order valence-electron chi connectivity index (χ0n) is 21.0. The lowest BCUT2D eigenvalue weighted by Crippen LogP contribution is -2.43. The van der Waals surface area contributed by atoms with Gasteiger partial charge in [0.05, 0.1) is 12.0 Å². The fourth-order valence-electron chi connectivity index (χ4n) is 5.48. The van der Waals surface area contributed by atoms with E-state index in [0.717, 1.165) is 37.2 Å². The maximum Gasteiger partial charge on any atom is 0.241 e. The first-order valence-corrected chi connectivity index (χ1v) is 12.5. The van der Waals surface area contributed by atoms with E-state index in [1.165, 1.54) is 4.90 Å². The van der Waals surface area contributed by atoms with Crippen molar-refractivity contribution in [2.24, 2.45) is 11.8 Å². The van der Waals surface area contributed by atoms with E-state index in [2.05, 4.69) is 23.7 Å². The van der Waals surface area contributed by atoms with Crippen LogP contribution in [0.15, 0.2) is 54.9 Å². The fraction of sp³-hybridized carbons (Fsp3) is 0.500. The van der Waals surface area contributed by atoms with Crippen LogP contribution in [0.3, 0.4) is 0 Å². The van der Waals surface area contributed by atoms with E-state index in [1.807, 2.05) is 37.4 Å². The van der Waals surface area contributed by atoms with Gasteiger partial charge in [0, 0.05) is 51.9 Å². The summed E-state index contributed by atoms with van der Waals surface area (Å²) in [6.45, 7) is 8.45. The Labute approximate surface area is 208 Å². The van der Waals surface area contributed by atoms with E-state index >= 15 is 0 Å². The number of benzene rings is 1. The van der Waals surface area contributed by atoms with Gasteiger partial charge in [0.25, 0.3) is 0 Å². The molecular weight excluding hydrogens is 440 g/mol. The normalized spacial score (nSPS) is 22.9. The van der Waals surface area contributed by atoms with Crippen molar-refractivity contribution in [1.29, 1.82) is 0 Å². The number of amides is 3. The molecule has 0 spiro atoms. The molecule has 2 aromatic rings. The average molecular weight is 477 g/mol. The second kappa shape index (κ2) is 10.7. The first-order valence-electron chi connectivity index (χ1n) is 12.5. The Morgan fingerprint density at radius 3 is 2.54 bits per heavy atom. The molecule has 1 aromatic carbocycles. The molecule has 1 aromatic heterocycles. The Kier molecular flexibility index (Phi) is 7.65. The minimum Gasteiger partial charge on any atom is -0.345 e. The maximum atomic E-state index is 13.8. The van der Waals surface area contributed by atoms with Crippen LogP contribution in [0.25, 0.3) is 0 Å². The minimum absolute atomic E-state index is 0.00606. The molecule has 0 aliphatic carbocycles. The van der Waals surface area contributed by atoms with E-state index in [9.17, 15) is 14.4 Å². The lowest BCUT2D eigenvalue weighted by molar-refractivity contribution is -0.143. The first kappa shape index (κ1) is 25.0. The third-order valence-corrected chi connectivity index (χ3v) is 7.23. The van der Waals surface area contributed by atoms with Gasteiger partial charge in [-0.15, -0.1) is 0 Å². The molecule has 3 amide bonds. The lowest BCUT2D eigenvalue weighted by atomic mass is 9.75. The zero-order chi connectivity index (χ0) is 25.0.